The Kier molecular flexibility index (Phi) is 3.58. The molecule has 1 N–H and O–H groups in total. The van der Waals surface area contributed by atoms with E-state index in [4.69, 9.17) is 23.8 Å². The summed E-state index contributed by atoms with van der Waals surface area (Å²) in [5.41, 5.74) is 0.870. The van der Waals surface area contributed by atoms with Crippen molar-refractivity contribution < 1.29 is 0 Å². The number of aromatic nitrogens is 3. The Morgan fingerprint density at radius 1 is 1.37 bits per heavy atom. The minimum absolute atomic E-state index is 0.534. The number of rotatable bonds is 2. The van der Waals surface area contributed by atoms with Gasteiger partial charge < -0.3 is 0 Å². The van der Waals surface area contributed by atoms with Crippen molar-refractivity contribution in [3.8, 4) is 16.4 Å². The van der Waals surface area contributed by atoms with E-state index in [9.17, 15) is 0 Å². The molecule has 3 rings (SSSR count). The van der Waals surface area contributed by atoms with Crippen LogP contribution in [-0.2, 0) is 0 Å². The summed E-state index contributed by atoms with van der Waals surface area (Å²) in [6.07, 6.45) is 0. The monoisotopic (exact) mass is 371 g/mol. The highest BCUT2D eigenvalue weighted by Gasteiger charge is 2.14. The summed E-state index contributed by atoms with van der Waals surface area (Å²) in [7, 11) is 0. The summed E-state index contributed by atoms with van der Waals surface area (Å²) in [5, 5.41) is 9.78. The van der Waals surface area contributed by atoms with E-state index >= 15 is 0 Å². The molecule has 0 radical (unpaired) electrons. The second kappa shape index (κ2) is 5.20. The largest absolute Gasteiger partial charge is 0.266 e. The van der Waals surface area contributed by atoms with E-state index in [1.807, 2.05) is 40.3 Å². The first kappa shape index (κ1) is 13.1. The number of H-pyrrole nitrogens is 1. The highest BCUT2D eigenvalue weighted by molar-refractivity contribution is 9.10. The van der Waals surface area contributed by atoms with Gasteiger partial charge in [0.15, 0.2) is 10.6 Å². The van der Waals surface area contributed by atoms with E-state index in [0.29, 0.717) is 9.79 Å². The summed E-state index contributed by atoms with van der Waals surface area (Å²) in [4.78, 5) is 1.04. The summed E-state index contributed by atoms with van der Waals surface area (Å²) in [6, 6.07) is 9.56. The molecular weight excluding hydrogens is 366 g/mol. The average Bonchev–Trinajstić information content (AvgIpc) is 3.01. The molecule has 0 atom stereocenters. The first-order valence-corrected chi connectivity index (χ1v) is 7.79. The Morgan fingerprint density at radius 3 is 2.95 bits per heavy atom. The third kappa shape index (κ3) is 2.41. The number of hydrogen-bond acceptors (Lipinski definition) is 3. The first-order chi connectivity index (χ1) is 9.16. The van der Waals surface area contributed by atoms with E-state index in [1.54, 1.807) is 11.3 Å². The minimum atomic E-state index is 0.534. The Hall–Kier alpha value is -0.950. The molecule has 0 fully saturated rings. The summed E-state index contributed by atoms with van der Waals surface area (Å²) in [6.45, 7) is 0. The maximum atomic E-state index is 6.07. The quantitative estimate of drug-likeness (QED) is 0.637. The lowest BCUT2D eigenvalue weighted by atomic mass is 10.3. The average molecular weight is 373 g/mol. The van der Waals surface area contributed by atoms with Crippen molar-refractivity contribution >= 4 is 51.1 Å². The molecule has 3 aromatic rings. The Labute approximate surface area is 132 Å². The number of benzene rings is 1. The van der Waals surface area contributed by atoms with Crippen molar-refractivity contribution in [1.82, 2.24) is 14.8 Å². The molecule has 1 aromatic carbocycles. The van der Waals surface area contributed by atoms with Crippen molar-refractivity contribution in [1.29, 1.82) is 0 Å². The number of hydrogen-bond donors (Lipinski definition) is 1. The van der Waals surface area contributed by atoms with Crippen molar-refractivity contribution in [3.63, 3.8) is 0 Å². The summed E-state index contributed by atoms with van der Waals surface area (Å²) < 4.78 is 3.32. The molecule has 0 aliphatic rings. The van der Waals surface area contributed by atoms with Gasteiger partial charge in [-0.2, -0.15) is 5.10 Å². The fourth-order valence-corrected chi connectivity index (χ4v) is 3.27. The molecule has 0 unspecified atom stereocenters. The lowest BCUT2D eigenvalue weighted by Crippen LogP contribution is -1.98. The molecule has 0 aliphatic carbocycles. The number of nitrogens with zero attached hydrogens (tertiary/aromatic N) is 2. The Morgan fingerprint density at radius 2 is 2.21 bits per heavy atom. The Balaban J connectivity index is 2.29. The second-order valence-electron chi connectivity index (χ2n) is 3.76. The van der Waals surface area contributed by atoms with Gasteiger partial charge in [-0.1, -0.05) is 17.7 Å². The molecular formula is C12H7BrClN3S2. The van der Waals surface area contributed by atoms with Crippen LogP contribution in [-0.4, -0.2) is 14.8 Å². The van der Waals surface area contributed by atoms with Gasteiger partial charge in [0.1, 0.15) is 0 Å². The lowest BCUT2D eigenvalue weighted by Gasteiger charge is -2.08. The van der Waals surface area contributed by atoms with Crippen molar-refractivity contribution in [2.24, 2.45) is 0 Å². The fourth-order valence-electron chi connectivity index (χ4n) is 1.75. The third-order valence-corrected chi connectivity index (χ3v) is 4.61. The molecule has 19 heavy (non-hydrogen) atoms. The SMILES string of the molecule is S=c1[nH]nc(-c2cccs2)n1-c1cc(Cl)ccc1Br. The number of thiophene rings is 1. The number of aromatic amines is 1. The first-order valence-electron chi connectivity index (χ1n) is 5.33. The van der Waals surface area contributed by atoms with Crippen molar-refractivity contribution in [2.45, 2.75) is 0 Å². The fraction of sp³-hybridized carbons (Fsp3) is 0. The molecule has 3 nitrogen and oxygen atoms in total. The Bertz CT molecular complexity index is 777. The zero-order chi connectivity index (χ0) is 13.4. The molecule has 2 aromatic heterocycles. The molecule has 96 valence electrons. The van der Waals surface area contributed by atoms with Gasteiger partial charge in [0, 0.05) is 9.50 Å². The van der Waals surface area contributed by atoms with Gasteiger partial charge in [0.25, 0.3) is 0 Å². The van der Waals surface area contributed by atoms with E-state index < -0.39 is 0 Å². The molecule has 0 saturated heterocycles. The van der Waals surface area contributed by atoms with E-state index in [2.05, 4.69) is 26.1 Å². The van der Waals surface area contributed by atoms with E-state index in [0.717, 1.165) is 20.9 Å². The van der Waals surface area contributed by atoms with Gasteiger partial charge in [-0.25, -0.2) is 0 Å². The van der Waals surface area contributed by atoms with Crippen LogP contribution < -0.4 is 0 Å². The highest BCUT2D eigenvalue weighted by atomic mass is 79.9. The lowest BCUT2D eigenvalue weighted by molar-refractivity contribution is 1.03. The van der Waals surface area contributed by atoms with Crippen LogP contribution in [0, 0.1) is 4.77 Å². The molecule has 0 spiro atoms. The normalized spacial score (nSPS) is 10.8. The van der Waals surface area contributed by atoms with Crippen molar-refractivity contribution in [2.75, 3.05) is 0 Å². The molecule has 0 amide bonds. The van der Waals surface area contributed by atoms with Crippen molar-refractivity contribution in [3.05, 3.63) is 50.0 Å². The van der Waals surface area contributed by atoms with Gasteiger partial charge >= 0.3 is 0 Å². The summed E-state index contributed by atoms with van der Waals surface area (Å²) >= 11 is 16.5. The van der Waals surface area contributed by atoms with Gasteiger partial charge in [0.05, 0.1) is 10.6 Å². The number of halogens is 2. The van der Waals surface area contributed by atoms with Crippen LogP contribution in [0.5, 0.6) is 0 Å². The standard InChI is InChI=1S/C12H7BrClN3S2/c13-8-4-3-7(14)6-9(8)17-11(15-16-12(17)18)10-2-1-5-19-10/h1-6H,(H,16,18). The van der Waals surface area contributed by atoms with Crippen LogP contribution >= 0.6 is 51.1 Å². The van der Waals surface area contributed by atoms with E-state index in [-0.39, 0.29) is 0 Å². The maximum Gasteiger partial charge on any atom is 0.200 e. The van der Waals surface area contributed by atoms with Crippen LogP contribution in [0.25, 0.3) is 16.4 Å². The van der Waals surface area contributed by atoms with Gasteiger partial charge in [-0.3, -0.25) is 9.67 Å². The second-order valence-corrected chi connectivity index (χ2v) is 6.39. The molecule has 2 heterocycles. The zero-order valence-electron chi connectivity index (χ0n) is 9.43. The van der Waals surface area contributed by atoms with Gasteiger partial charge in [-0.05, 0) is 57.8 Å². The van der Waals surface area contributed by atoms with Gasteiger partial charge in [-0.15, -0.1) is 11.3 Å². The predicted octanol–water partition coefficient (Wildman–Crippen LogP) is 5.07. The third-order valence-electron chi connectivity index (χ3n) is 2.56. The van der Waals surface area contributed by atoms with Crippen LogP contribution in [0.3, 0.4) is 0 Å². The predicted molar refractivity (Wildman–Crippen MR) is 84.8 cm³/mol. The molecule has 0 aliphatic heterocycles. The topological polar surface area (TPSA) is 33.6 Å². The van der Waals surface area contributed by atoms with Crippen LogP contribution in [0.4, 0.5) is 0 Å². The van der Waals surface area contributed by atoms with Crippen LogP contribution in [0.15, 0.2) is 40.2 Å². The van der Waals surface area contributed by atoms with Gasteiger partial charge in [0.2, 0.25) is 0 Å². The number of nitrogens with one attached hydrogen (secondary N) is 1. The molecule has 7 heteroatoms. The zero-order valence-corrected chi connectivity index (χ0v) is 13.4. The molecule has 0 saturated carbocycles. The highest BCUT2D eigenvalue weighted by Crippen LogP contribution is 2.30. The van der Waals surface area contributed by atoms with Crippen LogP contribution in [0.1, 0.15) is 0 Å². The maximum absolute atomic E-state index is 6.07. The van der Waals surface area contributed by atoms with Crippen LogP contribution in [0.2, 0.25) is 5.02 Å². The smallest absolute Gasteiger partial charge is 0.200 e. The summed E-state index contributed by atoms with van der Waals surface area (Å²) in [5.74, 6) is 0.781. The molecule has 0 bridgehead atoms. The minimum Gasteiger partial charge on any atom is -0.266 e. The van der Waals surface area contributed by atoms with E-state index in [1.165, 1.54) is 0 Å².